The van der Waals surface area contributed by atoms with E-state index < -0.39 is 0 Å². The summed E-state index contributed by atoms with van der Waals surface area (Å²) in [7, 11) is 0. The van der Waals surface area contributed by atoms with Crippen molar-refractivity contribution >= 4 is 29.7 Å². The van der Waals surface area contributed by atoms with E-state index in [9.17, 15) is 4.79 Å². The van der Waals surface area contributed by atoms with E-state index in [1.165, 1.54) is 24.1 Å². The van der Waals surface area contributed by atoms with Gasteiger partial charge in [-0.15, -0.1) is 23.7 Å². The van der Waals surface area contributed by atoms with Gasteiger partial charge in [0.1, 0.15) is 0 Å². The molecular formula is C15H26ClN3OS. The van der Waals surface area contributed by atoms with Gasteiger partial charge in [0, 0.05) is 10.9 Å². The van der Waals surface area contributed by atoms with Crippen LogP contribution in [0.4, 0.5) is 0 Å². The SMILES string of the molecule is CC(NC(=O)CN1CCCCC1CCN)c1cccs1.Cl. The second-order valence-electron chi connectivity index (χ2n) is 5.50. The third-order valence-electron chi connectivity index (χ3n) is 3.94. The van der Waals surface area contributed by atoms with Gasteiger partial charge in [-0.05, 0) is 50.7 Å². The lowest BCUT2D eigenvalue weighted by Gasteiger charge is -2.35. The van der Waals surface area contributed by atoms with Crippen LogP contribution in [0.15, 0.2) is 17.5 Å². The first-order valence-corrected chi connectivity index (χ1v) is 8.35. The molecule has 1 aromatic rings. The van der Waals surface area contributed by atoms with Gasteiger partial charge in [-0.1, -0.05) is 12.5 Å². The maximum atomic E-state index is 12.2. The number of halogens is 1. The predicted octanol–water partition coefficient (Wildman–Crippen LogP) is 2.55. The Kier molecular flexibility index (Phi) is 8.26. The van der Waals surface area contributed by atoms with Gasteiger partial charge in [-0.3, -0.25) is 9.69 Å². The molecule has 0 spiro atoms. The molecule has 6 heteroatoms. The molecule has 0 aliphatic carbocycles. The molecule has 0 saturated carbocycles. The summed E-state index contributed by atoms with van der Waals surface area (Å²) in [5.41, 5.74) is 5.67. The zero-order valence-corrected chi connectivity index (χ0v) is 14.2. The maximum Gasteiger partial charge on any atom is 0.234 e. The van der Waals surface area contributed by atoms with Crippen molar-refractivity contribution in [2.75, 3.05) is 19.6 Å². The fraction of sp³-hybridized carbons (Fsp3) is 0.667. The molecule has 0 bridgehead atoms. The average molecular weight is 332 g/mol. The molecule has 2 unspecified atom stereocenters. The van der Waals surface area contributed by atoms with Gasteiger partial charge in [-0.25, -0.2) is 0 Å². The van der Waals surface area contributed by atoms with Crippen LogP contribution in [0.1, 0.15) is 43.5 Å². The molecule has 0 aromatic carbocycles. The van der Waals surface area contributed by atoms with E-state index in [0.717, 1.165) is 13.0 Å². The quantitative estimate of drug-likeness (QED) is 0.842. The van der Waals surface area contributed by atoms with Crippen LogP contribution in [-0.4, -0.2) is 36.5 Å². The third kappa shape index (κ3) is 5.58. The number of carbonyl (C=O) groups excluding carboxylic acids is 1. The Bertz CT molecular complexity index is 411. The molecule has 4 nitrogen and oxygen atoms in total. The number of thiophene rings is 1. The smallest absolute Gasteiger partial charge is 0.234 e. The van der Waals surface area contributed by atoms with Gasteiger partial charge >= 0.3 is 0 Å². The molecule has 1 aliphatic heterocycles. The van der Waals surface area contributed by atoms with E-state index >= 15 is 0 Å². The molecule has 21 heavy (non-hydrogen) atoms. The number of nitrogens with two attached hydrogens (primary N) is 1. The highest BCUT2D eigenvalue weighted by Gasteiger charge is 2.24. The fourth-order valence-corrected chi connectivity index (χ4v) is 3.60. The Morgan fingerprint density at radius 2 is 2.38 bits per heavy atom. The Hall–Kier alpha value is -0.620. The van der Waals surface area contributed by atoms with Crippen molar-refractivity contribution in [3.05, 3.63) is 22.4 Å². The van der Waals surface area contributed by atoms with E-state index in [-0.39, 0.29) is 24.4 Å². The highest BCUT2D eigenvalue weighted by Crippen LogP contribution is 2.20. The summed E-state index contributed by atoms with van der Waals surface area (Å²) >= 11 is 1.68. The highest BCUT2D eigenvalue weighted by molar-refractivity contribution is 7.10. The van der Waals surface area contributed by atoms with Crippen LogP contribution in [0.2, 0.25) is 0 Å². The third-order valence-corrected chi connectivity index (χ3v) is 5.00. The number of likely N-dealkylation sites (tertiary alicyclic amines) is 1. The minimum Gasteiger partial charge on any atom is -0.348 e. The van der Waals surface area contributed by atoms with Crippen LogP contribution in [0.5, 0.6) is 0 Å². The number of rotatable bonds is 6. The molecule has 0 radical (unpaired) electrons. The Labute approximate surface area is 137 Å². The van der Waals surface area contributed by atoms with Crippen molar-refractivity contribution in [2.24, 2.45) is 5.73 Å². The minimum atomic E-state index is 0. The predicted molar refractivity (Wildman–Crippen MR) is 91.0 cm³/mol. The van der Waals surface area contributed by atoms with Crippen molar-refractivity contribution in [2.45, 2.75) is 44.7 Å². The summed E-state index contributed by atoms with van der Waals surface area (Å²) in [6.45, 7) is 4.26. The van der Waals surface area contributed by atoms with Crippen molar-refractivity contribution < 1.29 is 4.79 Å². The second-order valence-corrected chi connectivity index (χ2v) is 6.48. The number of hydrogen-bond acceptors (Lipinski definition) is 4. The van der Waals surface area contributed by atoms with Gasteiger partial charge in [0.05, 0.1) is 12.6 Å². The minimum absolute atomic E-state index is 0. The molecule has 1 amide bonds. The van der Waals surface area contributed by atoms with Gasteiger partial charge in [0.2, 0.25) is 5.91 Å². The standard InChI is InChI=1S/C15H25N3OS.ClH/c1-12(14-6-4-10-20-14)17-15(19)11-18-9-3-2-5-13(18)7-8-16;/h4,6,10,12-13H,2-3,5,7-9,11,16H2,1H3,(H,17,19);1H. The van der Waals surface area contributed by atoms with Crippen LogP contribution in [-0.2, 0) is 4.79 Å². The van der Waals surface area contributed by atoms with E-state index in [4.69, 9.17) is 5.73 Å². The molecule has 2 heterocycles. The summed E-state index contributed by atoms with van der Waals surface area (Å²) in [6, 6.07) is 4.66. The van der Waals surface area contributed by atoms with Crippen molar-refractivity contribution in [3.8, 4) is 0 Å². The van der Waals surface area contributed by atoms with E-state index in [0.29, 0.717) is 19.1 Å². The highest BCUT2D eigenvalue weighted by atomic mass is 35.5. The van der Waals surface area contributed by atoms with Crippen LogP contribution >= 0.6 is 23.7 Å². The van der Waals surface area contributed by atoms with Crippen LogP contribution < -0.4 is 11.1 Å². The lowest BCUT2D eigenvalue weighted by atomic mass is 9.99. The van der Waals surface area contributed by atoms with Gasteiger partial charge in [0.25, 0.3) is 0 Å². The molecule has 3 N–H and O–H groups in total. The summed E-state index contributed by atoms with van der Waals surface area (Å²) in [6.07, 6.45) is 4.61. The van der Waals surface area contributed by atoms with Crippen molar-refractivity contribution in [1.82, 2.24) is 10.2 Å². The van der Waals surface area contributed by atoms with Crippen molar-refractivity contribution in [3.63, 3.8) is 0 Å². The van der Waals surface area contributed by atoms with Crippen LogP contribution in [0, 0.1) is 0 Å². The first-order valence-electron chi connectivity index (χ1n) is 7.47. The Morgan fingerprint density at radius 1 is 1.57 bits per heavy atom. The molecule has 120 valence electrons. The number of amides is 1. The summed E-state index contributed by atoms with van der Waals surface area (Å²) < 4.78 is 0. The number of nitrogens with one attached hydrogen (secondary N) is 1. The van der Waals surface area contributed by atoms with Crippen LogP contribution in [0.25, 0.3) is 0 Å². The van der Waals surface area contributed by atoms with Gasteiger partial charge in [-0.2, -0.15) is 0 Å². The second kappa shape index (κ2) is 9.41. The summed E-state index contributed by atoms with van der Waals surface area (Å²) in [4.78, 5) is 15.7. The Balaban J connectivity index is 0.00000220. The van der Waals surface area contributed by atoms with Crippen molar-refractivity contribution in [1.29, 1.82) is 0 Å². The maximum absolute atomic E-state index is 12.2. The molecule has 2 atom stereocenters. The molecule has 2 rings (SSSR count). The topological polar surface area (TPSA) is 58.4 Å². The van der Waals surface area contributed by atoms with Crippen LogP contribution in [0.3, 0.4) is 0 Å². The lowest BCUT2D eigenvalue weighted by Crippen LogP contribution is -2.46. The average Bonchev–Trinajstić information content (AvgIpc) is 2.95. The molecule has 1 saturated heterocycles. The van der Waals surface area contributed by atoms with E-state index in [2.05, 4.69) is 16.3 Å². The zero-order chi connectivity index (χ0) is 14.4. The molecule has 1 aliphatic rings. The van der Waals surface area contributed by atoms with Gasteiger partial charge < -0.3 is 11.1 Å². The normalized spacial score (nSPS) is 20.6. The zero-order valence-electron chi connectivity index (χ0n) is 12.6. The largest absolute Gasteiger partial charge is 0.348 e. The molecular weight excluding hydrogens is 306 g/mol. The first kappa shape index (κ1) is 18.4. The van der Waals surface area contributed by atoms with E-state index in [1.807, 2.05) is 18.4 Å². The summed E-state index contributed by atoms with van der Waals surface area (Å²) in [5, 5.41) is 5.13. The first-order chi connectivity index (χ1) is 9.70. The number of nitrogens with zero attached hydrogens (tertiary/aromatic N) is 1. The number of hydrogen-bond donors (Lipinski definition) is 2. The van der Waals surface area contributed by atoms with Gasteiger partial charge in [0.15, 0.2) is 0 Å². The monoisotopic (exact) mass is 331 g/mol. The fourth-order valence-electron chi connectivity index (χ4n) is 2.87. The molecule has 1 fully saturated rings. The number of carbonyl (C=O) groups is 1. The number of piperidine rings is 1. The Morgan fingerprint density at radius 3 is 3.05 bits per heavy atom. The summed E-state index contributed by atoms with van der Waals surface area (Å²) in [5.74, 6) is 0.120. The lowest BCUT2D eigenvalue weighted by molar-refractivity contribution is -0.123. The van der Waals surface area contributed by atoms with E-state index in [1.54, 1.807) is 11.3 Å². The molecule has 1 aromatic heterocycles.